The number of ether oxygens (including phenoxy) is 1. The number of benzene rings is 1. The monoisotopic (exact) mass is 223 g/mol. The molecule has 3 heteroatoms. The molecule has 1 aliphatic rings. The largest absolute Gasteiger partial charge is 0.379 e. The highest BCUT2D eigenvalue weighted by molar-refractivity contribution is 5.21. The van der Waals surface area contributed by atoms with Crippen LogP contribution in [0.25, 0.3) is 0 Å². The maximum Gasteiger partial charge on any atom is 0.128 e. The van der Waals surface area contributed by atoms with Crippen LogP contribution in [0.2, 0.25) is 0 Å². The molecule has 0 amide bonds. The Labute approximate surface area is 95.8 Å². The molecule has 2 nitrogen and oxygen atoms in total. The van der Waals surface area contributed by atoms with Crippen LogP contribution in [0.15, 0.2) is 24.3 Å². The van der Waals surface area contributed by atoms with E-state index in [1.54, 1.807) is 6.07 Å². The van der Waals surface area contributed by atoms with Gasteiger partial charge in [-0.2, -0.15) is 0 Å². The van der Waals surface area contributed by atoms with E-state index in [9.17, 15) is 4.39 Å². The average Bonchev–Trinajstić information content (AvgIpc) is 2.40. The Morgan fingerprint density at radius 1 is 1.38 bits per heavy atom. The summed E-state index contributed by atoms with van der Waals surface area (Å²) >= 11 is 0. The van der Waals surface area contributed by atoms with Gasteiger partial charge in [-0.25, -0.2) is 4.39 Å². The fourth-order valence-corrected chi connectivity index (χ4v) is 1.92. The van der Waals surface area contributed by atoms with E-state index in [-0.39, 0.29) is 17.3 Å². The molecule has 1 unspecified atom stereocenters. The van der Waals surface area contributed by atoms with E-state index in [0.717, 1.165) is 6.54 Å². The van der Waals surface area contributed by atoms with Gasteiger partial charge in [0.05, 0.1) is 19.3 Å². The zero-order chi connectivity index (χ0) is 11.6. The van der Waals surface area contributed by atoms with Crippen molar-refractivity contribution in [3.05, 3.63) is 35.6 Å². The molecule has 0 bridgehead atoms. The van der Waals surface area contributed by atoms with Gasteiger partial charge in [0.1, 0.15) is 5.82 Å². The second-order valence-electron chi connectivity index (χ2n) is 5.13. The number of rotatable bonds is 1. The lowest BCUT2D eigenvalue weighted by Crippen LogP contribution is -2.31. The lowest BCUT2D eigenvalue weighted by molar-refractivity contribution is 0.0795. The summed E-state index contributed by atoms with van der Waals surface area (Å²) in [5.41, 5.74) is 0.806. The minimum Gasteiger partial charge on any atom is -0.379 e. The molecule has 0 saturated carbocycles. The number of nitrogens with one attached hydrogen (secondary N) is 1. The van der Waals surface area contributed by atoms with Crippen molar-refractivity contribution in [3.8, 4) is 0 Å². The highest BCUT2D eigenvalue weighted by Crippen LogP contribution is 2.24. The topological polar surface area (TPSA) is 21.3 Å². The van der Waals surface area contributed by atoms with Gasteiger partial charge in [0.15, 0.2) is 0 Å². The highest BCUT2D eigenvalue weighted by Gasteiger charge is 2.26. The highest BCUT2D eigenvalue weighted by atomic mass is 19.1. The molecule has 0 spiro atoms. The Morgan fingerprint density at radius 2 is 2.12 bits per heavy atom. The molecule has 1 aromatic rings. The molecule has 1 atom stereocenters. The van der Waals surface area contributed by atoms with Crippen molar-refractivity contribution in [2.45, 2.75) is 19.9 Å². The van der Waals surface area contributed by atoms with Crippen LogP contribution in [-0.2, 0) is 4.74 Å². The molecule has 1 aliphatic heterocycles. The molecule has 1 aromatic carbocycles. The molecule has 16 heavy (non-hydrogen) atoms. The van der Waals surface area contributed by atoms with Crippen LogP contribution in [0.3, 0.4) is 0 Å². The summed E-state index contributed by atoms with van der Waals surface area (Å²) in [7, 11) is 0. The van der Waals surface area contributed by atoms with Crippen LogP contribution in [-0.4, -0.2) is 19.8 Å². The zero-order valence-electron chi connectivity index (χ0n) is 9.79. The standard InChI is InChI=1S/C13H18FNO/c1-13(2)8-15-12(7-16-9-13)10-5-3-4-6-11(10)14/h3-6,12,15H,7-9H2,1-2H3. The third-order valence-electron chi connectivity index (χ3n) is 2.88. The lowest BCUT2D eigenvalue weighted by atomic mass is 9.95. The van der Waals surface area contributed by atoms with Crippen LogP contribution in [0.4, 0.5) is 4.39 Å². The first-order chi connectivity index (χ1) is 7.58. The average molecular weight is 223 g/mol. The molecule has 0 aliphatic carbocycles. The normalized spacial score (nSPS) is 25.1. The first kappa shape index (κ1) is 11.6. The summed E-state index contributed by atoms with van der Waals surface area (Å²) in [6, 6.07) is 6.83. The lowest BCUT2D eigenvalue weighted by Gasteiger charge is -2.21. The van der Waals surface area contributed by atoms with E-state index in [0.29, 0.717) is 18.8 Å². The van der Waals surface area contributed by atoms with E-state index in [2.05, 4.69) is 19.2 Å². The molecule has 1 heterocycles. The van der Waals surface area contributed by atoms with Crippen molar-refractivity contribution in [2.75, 3.05) is 19.8 Å². The van der Waals surface area contributed by atoms with Gasteiger partial charge in [-0.15, -0.1) is 0 Å². The fourth-order valence-electron chi connectivity index (χ4n) is 1.92. The Kier molecular flexibility index (Phi) is 3.26. The molecule has 2 rings (SSSR count). The Hall–Kier alpha value is -0.930. The molecule has 1 fully saturated rings. The van der Waals surface area contributed by atoms with Gasteiger partial charge < -0.3 is 10.1 Å². The Balaban J connectivity index is 2.14. The first-order valence-electron chi connectivity index (χ1n) is 5.64. The van der Waals surface area contributed by atoms with Crippen molar-refractivity contribution in [1.29, 1.82) is 0 Å². The molecular formula is C13H18FNO. The Morgan fingerprint density at radius 3 is 2.88 bits per heavy atom. The van der Waals surface area contributed by atoms with Gasteiger partial charge in [-0.05, 0) is 6.07 Å². The zero-order valence-corrected chi connectivity index (χ0v) is 9.79. The van der Waals surface area contributed by atoms with Crippen molar-refractivity contribution in [3.63, 3.8) is 0 Å². The van der Waals surface area contributed by atoms with E-state index in [4.69, 9.17) is 4.74 Å². The smallest absolute Gasteiger partial charge is 0.128 e. The summed E-state index contributed by atoms with van der Waals surface area (Å²) in [6.45, 7) is 6.37. The van der Waals surface area contributed by atoms with Crippen molar-refractivity contribution in [2.24, 2.45) is 5.41 Å². The predicted molar refractivity (Wildman–Crippen MR) is 61.7 cm³/mol. The van der Waals surface area contributed by atoms with Crippen molar-refractivity contribution in [1.82, 2.24) is 5.32 Å². The maximum atomic E-state index is 13.6. The fraction of sp³-hybridized carbons (Fsp3) is 0.538. The summed E-state index contributed by atoms with van der Waals surface area (Å²) in [4.78, 5) is 0. The van der Waals surface area contributed by atoms with Gasteiger partial charge in [-0.3, -0.25) is 0 Å². The molecule has 88 valence electrons. The summed E-state index contributed by atoms with van der Waals surface area (Å²) < 4.78 is 19.2. The summed E-state index contributed by atoms with van der Waals surface area (Å²) in [5.74, 6) is -0.164. The molecule has 0 aromatic heterocycles. The number of hydrogen-bond acceptors (Lipinski definition) is 2. The van der Waals surface area contributed by atoms with E-state index in [1.165, 1.54) is 6.07 Å². The predicted octanol–water partition coefficient (Wildman–Crippen LogP) is 2.51. The van der Waals surface area contributed by atoms with Crippen LogP contribution in [0.5, 0.6) is 0 Å². The van der Waals surface area contributed by atoms with Crippen LogP contribution >= 0.6 is 0 Å². The van der Waals surface area contributed by atoms with Gasteiger partial charge >= 0.3 is 0 Å². The first-order valence-corrected chi connectivity index (χ1v) is 5.64. The molecule has 1 saturated heterocycles. The van der Waals surface area contributed by atoms with E-state index in [1.807, 2.05) is 12.1 Å². The maximum absolute atomic E-state index is 13.6. The van der Waals surface area contributed by atoms with Gasteiger partial charge in [0.2, 0.25) is 0 Å². The second kappa shape index (κ2) is 4.52. The minimum atomic E-state index is -0.164. The van der Waals surface area contributed by atoms with E-state index < -0.39 is 0 Å². The summed E-state index contributed by atoms with van der Waals surface area (Å²) in [6.07, 6.45) is 0. The van der Waals surface area contributed by atoms with Crippen LogP contribution < -0.4 is 5.32 Å². The molecule has 1 N–H and O–H groups in total. The molecule has 0 radical (unpaired) electrons. The van der Waals surface area contributed by atoms with Crippen LogP contribution in [0.1, 0.15) is 25.5 Å². The minimum absolute atomic E-state index is 0.0389. The van der Waals surface area contributed by atoms with Crippen molar-refractivity contribution >= 4 is 0 Å². The summed E-state index contributed by atoms with van der Waals surface area (Å²) in [5, 5.41) is 3.36. The van der Waals surface area contributed by atoms with E-state index >= 15 is 0 Å². The number of halogens is 1. The SMILES string of the molecule is CC1(C)CNC(c2ccccc2F)COC1. The number of hydrogen-bond donors (Lipinski definition) is 1. The van der Waals surface area contributed by atoms with Gasteiger partial charge in [0, 0.05) is 17.5 Å². The second-order valence-corrected chi connectivity index (χ2v) is 5.13. The Bertz CT molecular complexity index is 365. The van der Waals surface area contributed by atoms with Crippen molar-refractivity contribution < 1.29 is 9.13 Å². The molecular weight excluding hydrogens is 205 g/mol. The third kappa shape index (κ3) is 2.60. The van der Waals surface area contributed by atoms with Gasteiger partial charge in [0.25, 0.3) is 0 Å². The quantitative estimate of drug-likeness (QED) is 0.790. The third-order valence-corrected chi connectivity index (χ3v) is 2.88. The van der Waals surface area contributed by atoms with Gasteiger partial charge in [-0.1, -0.05) is 32.0 Å². The van der Waals surface area contributed by atoms with Crippen LogP contribution in [0, 0.1) is 11.2 Å².